The van der Waals surface area contributed by atoms with Crippen LogP contribution in [-0.2, 0) is 6.54 Å². The summed E-state index contributed by atoms with van der Waals surface area (Å²) in [4.78, 5) is 13.1. The van der Waals surface area contributed by atoms with E-state index in [1.54, 1.807) is 23.1 Å². The molecule has 154 valence electrons. The van der Waals surface area contributed by atoms with Crippen molar-refractivity contribution in [3.8, 4) is 34.4 Å². The predicted molar refractivity (Wildman–Crippen MR) is 112 cm³/mol. The molecule has 0 saturated heterocycles. The molecule has 0 amide bonds. The lowest BCUT2D eigenvalue weighted by molar-refractivity contribution is 0.430. The molecule has 31 heavy (non-hydrogen) atoms. The molecule has 4 aromatic heterocycles. The minimum absolute atomic E-state index is 0.291. The smallest absolute Gasteiger partial charge is 0.280 e. The Labute approximate surface area is 181 Å². The number of hydrogen-bond acceptors (Lipinski definition) is 8. The molecule has 0 bridgehead atoms. The van der Waals surface area contributed by atoms with Crippen LogP contribution >= 0.6 is 11.6 Å². The Balaban J connectivity index is 1.41. The van der Waals surface area contributed by atoms with Crippen LogP contribution in [0.3, 0.4) is 0 Å². The molecule has 4 heterocycles. The number of benzene rings is 1. The van der Waals surface area contributed by atoms with Gasteiger partial charge in [-0.3, -0.25) is 4.98 Å². The van der Waals surface area contributed by atoms with Crippen molar-refractivity contribution in [2.24, 2.45) is 0 Å². The van der Waals surface area contributed by atoms with Gasteiger partial charge in [-0.1, -0.05) is 28.0 Å². The van der Waals surface area contributed by atoms with E-state index in [0.717, 1.165) is 22.5 Å². The predicted octanol–water partition coefficient (Wildman–Crippen LogP) is 4.36. The zero-order chi connectivity index (χ0) is 21.4. The minimum Gasteiger partial charge on any atom is -0.441 e. The first-order chi connectivity index (χ1) is 15.1. The van der Waals surface area contributed by atoms with Crippen LogP contribution in [0.15, 0.2) is 57.7 Å². The first-order valence-electron chi connectivity index (χ1n) is 9.45. The van der Waals surface area contributed by atoms with E-state index in [2.05, 4.69) is 30.4 Å². The minimum atomic E-state index is 0.291. The van der Waals surface area contributed by atoms with E-state index in [4.69, 9.17) is 20.5 Å². The molecule has 10 heteroatoms. The second-order valence-electron chi connectivity index (χ2n) is 6.88. The lowest BCUT2D eigenvalue weighted by Crippen LogP contribution is -2.05. The molecule has 0 unspecified atom stereocenters. The summed E-state index contributed by atoms with van der Waals surface area (Å²) < 4.78 is 12.9. The molecular weight excluding hydrogens is 418 g/mol. The molecule has 0 fully saturated rings. The van der Waals surface area contributed by atoms with Crippen LogP contribution in [0.1, 0.15) is 17.1 Å². The zero-order valence-corrected chi connectivity index (χ0v) is 17.4. The maximum absolute atomic E-state index is 6.08. The van der Waals surface area contributed by atoms with Crippen LogP contribution in [0.5, 0.6) is 0 Å². The largest absolute Gasteiger partial charge is 0.441 e. The average molecular weight is 434 g/mol. The van der Waals surface area contributed by atoms with Gasteiger partial charge in [0.25, 0.3) is 5.89 Å². The van der Waals surface area contributed by atoms with Gasteiger partial charge in [0.15, 0.2) is 5.69 Å². The Kier molecular flexibility index (Phi) is 4.79. The third kappa shape index (κ3) is 3.71. The lowest BCUT2D eigenvalue weighted by Gasteiger charge is -2.00. The fourth-order valence-electron chi connectivity index (χ4n) is 3.10. The molecule has 5 aromatic rings. The van der Waals surface area contributed by atoms with E-state index in [9.17, 15) is 0 Å². The zero-order valence-electron chi connectivity index (χ0n) is 16.7. The SMILES string of the molecule is Cc1oc(-c2cccc(Cl)c2)nc1Cn1nnc(-c2nc(-c3cccnc3)no2)c1C. The summed E-state index contributed by atoms with van der Waals surface area (Å²) in [7, 11) is 0. The van der Waals surface area contributed by atoms with Crippen molar-refractivity contribution < 1.29 is 8.94 Å². The molecule has 0 saturated carbocycles. The molecule has 0 aliphatic heterocycles. The Bertz CT molecular complexity index is 1360. The van der Waals surface area contributed by atoms with Gasteiger partial charge in [-0.2, -0.15) is 4.98 Å². The van der Waals surface area contributed by atoms with Gasteiger partial charge < -0.3 is 8.94 Å². The summed E-state index contributed by atoms with van der Waals surface area (Å²) in [6.07, 6.45) is 3.35. The molecule has 0 N–H and O–H groups in total. The summed E-state index contributed by atoms with van der Waals surface area (Å²) in [5.74, 6) is 1.93. The molecule has 9 nitrogen and oxygen atoms in total. The monoisotopic (exact) mass is 433 g/mol. The van der Waals surface area contributed by atoms with E-state index in [1.165, 1.54) is 0 Å². The number of aryl methyl sites for hydroxylation is 1. The topological polar surface area (TPSA) is 109 Å². The van der Waals surface area contributed by atoms with E-state index >= 15 is 0 Å². The van der Waals surface area contributed by atoms with Crippen molar-refractivity contribution in [3.63, 3.8) is 0 Å². The highest BCUT2D eigenvalue weighted by Crippen LogP contribution is 2.26. The van der Waals surface area contributed by atoms with Crippen molar-refractivity contribution in [1.29, 1.82) is 0 Å². The molecule has 0 aliphatic rings. The highest BCUT2D eigenvalue weighted by molar-refractivity contribution is 6.30. The summed E-state index contributed by atoms with van der Waals surface area (Å²) in [6, 6.07) is 11.0. The summed E-state index contributed by atoms with van der Waals surface area (Å²) >= 11 is 6.08. The van der Waals surface area contributed by atoms with Crippen LogP contribution in [0.2, 0.25) is 5.02 Å². The molecular formula is C21H16ClN7O2. The maximum Gasteiger partial charge on any atom is 0.280 e. The molecule has 1 aromatic carbocycles. The van der Waals surface area contributed by atoms with E-state index in [0.29, 0.717) is 40.6 Å². The van der Waals surface area contributed by atoms with Crippen molar-refractivity contribution in [3.05, 3.63) is 71.0 Å². The van der Waals surface area contributed by atoms with Gasteiger partial charge in [-0.25, -0.2) is 9.67 Å². The van der Waals surface area contributed by atoms with Gasteiger partial charge in [0.05, 0.1) is 12.2 Å². The Morgan fingerprint density at radius 1 is 1.03 bits per heavy atom. The first-order valence-corrected chi connectivity index (χ1v) is 9.83. The van der Waals surface area contributed by atoms with Crippen molar-refractivity contribution in [1.82, 2.24) is 35.1 Å². The fraction of sp³-hybridized carbons (Fsp3) is 0.143. The number of nitrogens with zero attached hydrogens (tertiary/aromatic N) is 7. The van der Waals surface area contributed by atoms with E-state index < -0.39 is 0 Å². The number of halogens is 1. The summed E-state index contributed by atoms with van der Waals surface area (Å²) in [5.41, 5.74) is 3.60. The second-order valence-corrected chi connectivity index (χ2v) is 7.31. The molecule has 0 aliphatic carbocycles. The number of aromatic nitrogens is 7. The van der Waals surface area contributed by atoms with E-state index in [1.807, 2.05) is 44.2 Å². The third-order valence-electron chi connectivity index (χ3n) is 4.79. The number of oxazole rings is 1. The average Bonchev–Trinajstić information content (AvgIpc) is 3.49. The molecule has 0 spiro atoms. The normalized spacial score (nSPS) is 11.2. The van der Waals surface area contributed by atoms with Gasteiger partial charge >= 0.3 is 0 Å². The fourth-order valence-corrected chi connectivity index (χ4v) is 3.29. The second kappa shape index (κ2) is 7.77. The Morgan fingerprint density at radius 2 is 1.90 bits per heavy atom. The maximum atomic E-state index is 6.08. The summed E-state index contributed by atoms with van der Waals surface area (Å²) in [6.45, 7) is 4.14. The molecule has 0 atom stereocenters. The number of pyridine rings is 1. The highest BCUT2D eigenvalue weighted by atomic mass is 35.5. The van der Waals surface area contributed by atoms with Crippen LogP contribution in [-0.4, -0.2) is 35.1 Å². The highest BCUT2D eigenvalue weighted by Gasteiger charge is 2.20. The molecule has 5 rings (SSSR count). The Morgan fingerprint density at radius 3 is 2.71 bits per heavy atom. The lowest BCUT2D eigenvalue weighted by atomic mass is 10.2. The van der Waals surface area contributed by atoms with Gasteiger partial charge in [0.1, 0.15) is 11.5 Å². The summed E-state index contributed by atoms with van der Waals surface area (Å²) in [5, 5.41) is 13.1. The van der Waals surface area contributed by atoms with Gasteiger partial charge in [-0.05, 0) is 44.2 Å². The van der Waals surface area contributed by atoms with Crippen molar-refractivity contribution in [2.75, 3.05) is 0 Å². The van der Waals surface area contributed by atoms with Crippen LogP contribution < -0.4 is 0 Å². The van der Waals surface area contributed by atoms with Crippen LogP contribution in [0.25, 0.3) is 34.4 Å². The Hall–Kier alpha value is -3.85. The van der Waals surface area contributed by atoms with Crippen molar-refractivity contribution in [2.45, 2.75) is 20.4 Å². The van der Waals surface area contributed by atoms with Crippen LogP contribution in [0.4, 0.5) is 0 Å². The quantitative estimate of drug-likeness (QED) is 0.402. The van der Waals surface area contributed by atoms with Crippen molar-refractivity contribution >= 4 is 11.6 Å². The standard InChI is InChI=1S/C21H16ClN7O2/c1-12-18(21-25-19(27-31-21)15-6-4-8-23-10-15)26-28-29(12)11-17-13(2)30-20(24-17)14-5-3-7-16(22)9-14/h3-10H,11H2,1-2H3. The number of rotatable bonds is 5. The van der Waals surface area contributed by atoms with Gasteiger partial charge in [0.2, 0.25) is 11.7 Å². The van der Waals surface area contributed by atoms with Crippen LogP contribution in [0, 0.1) is 13.8 Å². The van der Waals surface area contributed by atoms with Gasteiger partial charge in [-0.15, -0.1) is 5.10 Å². The number of hydrogen-bond donors (Lipinski definition) is 0. The third-order valence-corrected chi connectivity index (χ3v) is 5.03. The van der Waals surface area contributed by atoms with E-state index in [-0.39, 0.29) is 0 Å². The first kappa shape index (κ1) is 19.1. The molecule has 0 radical (unpaired) electrons. The van der Waals surface area contributed by atoms with Gasteiger partial charge in [0, 0.05) is 28.5 Å².